The van der Waals surface area contributed by atoms with Crippen LogP contribution in [0.3, 0.4) is 0 Å². The summed E-state index contributed by atoms with van der Waals surface area (Å²) in [4.78, 5) is 30.3. The lowest BCUT2D eigenvalue weighted by Gasteiger charge is -2.31. The summed E-state index contributed by atoms with van der Waals surface area (Å²) in [6, 6.07) is 17.7. The van der Waals surface area contributed by atoms with E-state index in [-0.39, 0.29) is 17.7 Å². The van der Waals surface area contributed by atoms with E-state index in [9.17, 15) is 9.59 Å². The van der Waals surface area contributed by atoms with Gasteiger partial charge in [-0.15, -0.1) is 0 Å². The summed E-state index contributed by atoms with van der Waals surface area (Å²) >= 11 is 0. The van der Waals surface area contributed by atoms with E-state index in [2.05, 4.69) is 12.1 Å². The summed E-state index contributed by atoms with van der Waals surface area (Å²) in [5.74, 6) is 0.0617. The Morgan fingerprint density at radius 1 is 0.848 bits per heavy atom. The molecule has 0 saturated heterocycles. The van der Waals surface area contributed by atoms with E-state index in [4.69, 9.17) is 5.73 Å². The van der Waals surface area contributed by atoms with E-state index < -0.39 is 6.04 Å². The Bertz CT molecular complexity index is 897. The average molecular weight is 450 g/mol. The van der Waals surface area contributed by atoms with Crippen LogP contribution in [0.5, 0.6) is 0 Å². The largest absolute Gasteiger partial charge is 0.337 e. The standard InChI is InChI=1S/C28H39N3O2/c1-22(2)27(32)31-20-12-5-3-4-11-19-30(21-24-15-9-10-16-26(24)31)28(33)25(29)18-17-23-13-7-6-8-14-23/h6-10,13-16,22,25H,3-5,11-12,17-21,29H2,1-2H3/t25-/m0/s1. The first-order valence-electron chi connectivity index (χ1n) is 12.4. The smallest absolute Gasteiger partial charge is 0.239 e. The number of anilines is 1. The van der Waals surface area contributed by atoms with Gasteiger partial charge in [0.25, 0.3) is 0 Å². The molecule has 0 radical (unpaired) electrons. The van der Waals surface area contributed by atoms with Crippen molar-refractivity contribution in [1.82, 2.24) is 4.90 Å². The number of benzene rings is 2. The molecule has 2 amide bonds. The predicted molar refractivity (Wildman–Crippen MR) is 135 cm³/mol. The molecule has 1 heterocycles. The molecule has 0 spiro atoms. The fourth-order valence-corrected chi connectivity index (χ4v) is 4.47. The SMILES string of the molecule is CC(C)C(=O)N1CCCCCCCN(C(=O)[C@@H](N)CCc2ccccc2)Cc2ccccc21. The highest BCUT2D eigenvalue weighted by molar-refractivity contribution is 5.95. The van der Waals surface area contributed by atoms with E-state index in [1.807, 2.05) is 66.1 Å². The number of amides is 2. The number of carbonyl (C=O) groups excluding carboxylic acids is 2. The van der Waals surface area contributed by atoms with Crippen molar-refractivity contribution in [1.29, 1.82) is 0 Å². The van der Waals surface area contributed by atoms with Crippen LogP contribution >= 0.6 is 0 Å². The van der Waals surface area contributed by atoms with Crippen LogP contribution in [0.25, 0.3) is 0 Å². The third kappa shape index (κ3) is 7.16. The van der Waals surface area contributed by atoms with Gasteiger partial charge in [-0.2, -0.15) is 0 Å². The first-order chi connectivity index (χ1) is 16.0. The van der Waals surface area contributed by atoms with Gasteiger partial charge >= 0.3 is 0 Å². The summed E-state index contributed by atoms with van der Waals surface area (Å²) in [7, 11) is 0. The number of carbonyl (C=O) groups is 2. The number of nitrogens with zero attached hydrogens (tertiary/aromatic N) is 2. The van der Waals surface area contributed by atoms with E-state index in [1.165, 1.54) is 5.56 Å². The maximum Gasteiger partial charge on any atom is 0.239 e. The molecule has 1 atom stereocenters. The van der Waals surface area contributed by atoms with Crippen LogP contribution in [0.4, 0.5) is 5.69 Å². The monoisotopic (exact) mass is 449 g/mol. The first-order valence-corrected chi connectivity index (χ1v) is 12.4. The molecule has 33 heavy (non-hydrogen) atoms. The molecule has 2 aromatic carbocycles. The molecule has 5 heteroatoms. The molecule has 0 aromatic heterocycles. The highest BCUT2D eigenvalue weighted by Gasteiger charge is 2.25. The average Bonchev–Trinajstić information content (AvgIpc) is 2.82. The number of para-hydroxylation sites is 1. The molecule has 2 aromatic rings. The van der Waals surface area contributed by atoms with Crippen molar-refractivity contribution in [2.75, 3.05) is 18.0 Å². The maximum atomic E-state index is 13.4. The van der Waals surface area contributed by atoms with E-state index >= 15 is 0 Å². The van der Waals surface area contributed by atoms with Crippen LogP contribution in [-0.2, 0) is 22.6 Å². The van der Waals surface area contributed by atoms with E-state index in [0.717, 1.165) is 56.3 Å². The third-order valence-corrected chi connectivity index (χ3v) is 6.43. The van der Waals surface area contributed by atoms with Crippen molar-refractivity contribution in [3.05, 3.63) is 65.7 Å². The van der Waals surface area contributed by atoms with Gasteiger partial charge in [0.15, 0.2) is 0 Å². The number of aryl methyl sites for hydroxylation is 1. The second-order valence-corrected chi connectivity index (χ2v) is 9.43. The van der Waals surface area contributed by atoms with Crippen LogP contribution < -0.4 is 10.6 Å². The minimum atomic E-state index is -0.529. The topological polar surface area (TPSA) is 66.6 Å². The molecule has 5 nitrogen and oxygen atoms in total. The second-order valence-electron chi connectivity index (χ2n) is 9.43. The Morgan fingerprint density at radius 3 is 2.21 bits per heavy atom. The van der Waals surface area contributed by atoms with Crippen LogP contribution in [0.15, 0.2) is 54.6 Å². The lowest BCUT2D eigenvalue weighted by Crippen LogP contribution is -2.44. The molecule has 0 bridgehead atoms. The van der Waals surface area contributed by atoms with Crippen molar-refractivity contribution in [3.8, 4) is 0 Å². The van der Waals surface area contributed by atoms with Crippen molar-refractivity contribution >= 4 is 17.5 Å². The highest BCUT2D eigenvalue weighted by Crippen LogP contribution is 2.26. The first kappa shape index (κ1) is 25.0. The summed E-state index contributed by atoms with van der Waals surface area (Å²) < 4.78 is 0. The lowest BCUT2D eigenvalue weighted by atomic mass is 10.0. The molecule has 1 aliphatic rings. The number of hydrogen-bond donors (Lipinski definition) is 1. The van der Waals surface area contributed by atoms with Gasteiger partial charge in [-0.25, -0.2) is 0 Å². The van der Waals surface area contributed by atoms with Crippen LogP contribution in [0.2, 0.25) is 0 Å². The molecule has 1 aliphatic heterocycles. The zero-order valence-electron chi connectivity index (χ0n) is 20.2. The van der Waals surface area contributed by atoms with E-state index in [0.29, 0.717) is 19.5 Å². The van der Waals surface area contributed by atoms with Crippen LogP contribution in [0.1, 0.15) is 63.5 Å². The molecular formula is C28H39N3O2. The summed E-state index contributed by atoms with van der Waals surface area (Å²) in [5.41, 5.74) is 9.52. The van der Waals surface area contributed by atoms with Crippen LogP contribution in [0, 0.1) is 5.92 Å². The minimum Gasteiger partial charge on any atom is -0.337 e. The second kappa shape index (κ2) is 12.5. The highest BCUT2D eigenvalue weighted by atomic mass is 16.2. The van der Waals surface area contributed by atoms with Gasteiger partial charge in [-0.05, 0) is 42.9 Å². The number of fused-ring (bicyclic) bond motifs is 1. The van der Waals surface area contributed by atoms with E-state index in [1.54, 1.807) is 0 Å². The van der Waals surface area contributed by atoms with Crippen LogP contribution in [-0.4, -0.2) is 35.8 Å². The van der Waals surface area contributed by atoms with Gasteiger partial charge < -0.3 is 15.5 Å². The molecule has 3 rings (SSSR count). The van der Waals surface area contributed by atoms with Crippen molar-refractivity contribution in [2.45, 2.75) is 71.4 Å². The quantitative estimate of drug-likeness (QED) is 0.704. The molecular weight excluding hydrogens is 410 g/mol. The number of hydrogen-bond acceptors (Lipinski definition) is 3. The fraction of sp³-hybridized carbons (Fsp3) is 0.500. The van der Waals surface area contributed by atoms with Crippen molar-refractivity contribution in [3.63, 3.8) is 0 Å². The Hall–Kier alpha value is -2.66. The molecule has 2 N–H and O–H groups in total. The summed E-state index contributed by atoms with van der Waals surface area (Å²) in [5, 5.41) is 0. The normalized spacial score (nSPS) is 16.5. The number of rotatable bonds is 5. The lowest BCUT2D eigenvalue weighted by molar-refractivity contribution is -0.133. The van der Waals surface area contributed by atoms with Crippen molar-refractivity contribution in [2.24, 2.45) is 11.7 Å². The third-order valence-electron chi connectivity index (χ3n) is 6.43. The van der Waals surface area contributed by atoms with Gasteiger partial charge in [0, 0.05) is 31.2 Å². The Balaban J connectivity index is 1.80. The maximum absolute atomic E-state index is 13.4. The Labute approximate surface area is 199 Å². The van der Waals surface area contributed by atoms with Crippen molar-refractivity contribution < 1.29 is 9.59 Å². The minimum absolute atomic E-state index is 0.000435. The molecule has 0 unspecified atom stereocenters. The van der Waals surface area contributed by atoms with Gasteiger partial charge in [0.1, 0.15) is 0 Å². The number of nitrogens with two attached hydrogens (primary N) is 1. The zero-order valence-corrected chi connectivity index (χ0v) is 20.2. The summed E-state index contributed by atoms with van der Waals surface area (Å²) in [6.07, 6.45) is 6.69. The predicted octanol–water partition coefficient (Wildman–Crippen LogP) is 4.93. The Kier molecular flexibility index (Phi) is 9.49. The fourth-order valence-electron chi connectivity index (χ4n) is 4.47. The zero-order chi connectivity index (χ0) is 23.6. The van der Waals surface area contributed by atoms with Gasteiger partial charge in [0.2, 0.25) is 11.8 Å². The summed E-state index contributed by atoms with van der Waals surface area (Å²) in [6.45, 7) is 5.80. The molecule has 0 aliphatic carbocycles. The van der Waals surface area contributed by atoms with Gasteiger partial charge in [0.05, 0.1) is 6.04 Å². The molecule has 0 fully saturated rings. The van der Waals surface area contributed by atoms with Gasteiger partial charge in [-0.3, -0.25) is 9.59 Å². The molecule has 0 saturated carbocycles. The molecule has 178 valence electrons. The Morgan fingerprint density at radius 2 is 1.48 bits per heavy atom. The van der Waals surface area contributed by atoms with Gasteiger partial charge in [-0.1, -0.05) is 81.6 Å².